The second-order valence-electron chi connectivity index (χ2n) is 3.87. The van der Waals surface area contributed by atoms with E-state index in [0.717, 1.165) is 16.9 Å². The average molecular weight is 217 g/mol. The van der Waals surface area contributed by atoms with Gasteiger partial charge >= 0.3 is 0 Å². The van der Waals surface area contributed by atoms with Gasteiger partial charge in [0.15, 0.2) is 11.7 Å². The fraction of sp³-hybridized carbons (Fsp3) is 0.308. The van der Waals surface area contributed by atoms with E-state index in [0.29, 0.717) is 13.0 Å². The topological polar surface area (TPSA) is 33.5 Å². The number of fused-ring (bicyclic) bond motifs is 1. The Morgan fingerprint density at radius 1 is 1.38 bits per heavy atom. The van der Waals surface area contributed by atoms with E-state index in [2.05, 4.69) is 0 Å². The van der Waals surface area contributed by atoms with Gasteiger partial charge in [0.1, 0.15) is 5.58 Å². The number of hydrogen-bond donors (Lipinski definition) is 0. The molecule has 0 fully saturated rings. The third kappa shape index (κ3) is 2.08. The summed E-state index contributed by atoms with van der Waals surface area (Å²) >= 11 is 0. The number of benzene rings is 1. The van der Waals surface area contributed by atoms with E-state index in [1.165, 1.54) is 0 Å². The Kier molecular flexibility index (Phi) is 2.95. The molecule has 84 valence electrons. The minimum absolute atomic E-state index is 0.211. The van der Waals surface area contributed by atoms with Gasteiger partial charge in [-0.3, -0.25) is 4.79 Å². The van der Waals surface area contributed by atoms with Crippen LogP contribution in [0.15, 0.2) is 34.7 Å². The molecular weight excluding hydrogens is 202 g/mol. The zero-order chi connectivity index (χ0) is 11.5. The van der Waals surface area contributed by atoms with Crippen molar-refractivity contribution >= 4 is 22.6 Å². The van der Waals surface area contributed by atoms with Crippen LogP contribution in [0.2, 0.25) is 0 Å². The molecule has 0 aliphatic carbocycles. The zero-order valence-electron chi connectivity index (χ0n) is 9.56. The Morgan fingerprint density at radius 3 is 2.81 bits per heavy atom. The van der Waals surface area contributed by atoms with E-state index in [1.54, 1.807) is 0 Å². The Bertz CT molecular complexity index is 468. The molecule has 3 heteroatoms. The second kappa shape index (κ2) is 4.39. The first-order valence-corrected chi connectivity index (χ1v) is 5.42. The van der Waals surface area contributed by atoms with Crippen molar-refractivity contribution in [3.05, 3.63) is 30.3 Å². The number of furan rings is 1. The fourth-order valence-corrected chi connectivity index (χ4v) is 1.61. The van der Waals surface area contributed by atoms with Crippen molar-refractivity contribution in [3.8, 4) is 0 Å². The molecule has 0 aliphatic heterocycles. The van der Waals surface area contributed by atoms with Gasteiger partial charge in [-0.1, -0.05) is 25.1 Å². The smallest absolute Gasteiger partial charge is 0.196 e. The van der Waals surface area contributed by atoms with Gasteiger partial charge in [0, 0.05) is 24.9 Å². The summed E-state index contributed by atoms with van der Waals surface area (Å²) in [5.74, 6) is 0.950. The van der Waals surface area contributed by atoms with Gasteiger partial charge in [-0.05, 0) is 6.07 Å². The third-order valence-corrected chi connectivity index (χ3v) is 2.60. The number of carbonyl (C=O) groups excluding carboxylic acids is 1. The maximum atomic E-state index is 11.3. The number of anilines is 1. The molecule has 0 bridgehead atoms. The lowest BCUT2D eigenvalue weighted by molar-refractivity contribution is -0.117. The van der Waals surface area contributed by atoms with Crippen LogP contribution in [-0.2, 0) is 4.79 Å². The quantitative estimate of drug-likeness (QED) is 0.789. The number of nitrogens with zero attached hydrogens (tertiary/aromatic N) is 1. The highest BCUT2D eigenvalue weighted by molar-refractivity contribution is 5.85. The molecule has 0 aliphatic rings. The van der Waals surface area contributed by atoms with Crippen molar-refractivity contribution in [2.75, 3.05) is 18.5 Å². The van der Waals surface area contributed by atoms with E-state index in [9.17, 15) is 4.79 Å². The molecule has 16 heavy (non-hydrogen) atoms. The van der Waals surface area contributed by atoms with E-state index in [-0.39, 0.29) is 5.78 Å². The van der Waals surface area contributed by atoms with Gasteiger partial charge in [-0.2, -0.15) is 0 Å². The molecule has 0 N–H and O–H groups in total. The number of Topliss-reactive ketones (excluding diaryl/α,β-unsaturated/α-hetero) is 1. The van der Waals surface area contributed by atoms with Crippen molar-refractivity contribution in [1.82, 2.24) is 0 Å². The van der Waals surface area contributed by atoms with Crippen molar-refractivity contribution in [2.45, 2.75) is 13.3 Å². The van der Waals surface area contributed by atoms with E-state index < -0.39 is 0 Å². The summed E-state index contributed by atoms with van der Waals surface area (Å²) in [5.41, 5.74) is 0.855. The monoisotopic (exact) mass is 217 g/mol. The first-order valence-electron chi connectivity index (χ1n) is 5.42. The summed E-state index contributed by atoms with van der Waals surface area (Å²) in [7, 11) is 1.87. The van der Waals surface area contributed by atoms with Gasteiger partial charge in [0.05, 0.1) is 6.54 Å². The van der Waals surface area contributed by atoms with Crippen LogP contribution in [0.3, 0.4) is 0 Å². The summed E-state index contributed by atoms with van der Waals surface area (Å²) in [6.45, 7) is 2.27. The molecule has 1 heterocycles. The van der Waals surface area contributed by atoms with Crippen LogP contribution in [0.25, 0.3) is 11.0 Å². The highest BCUT2D eigenvalue weighted by Crippen LogP contribution is 2.24. The van der Waals surface area contributed by atoms with Gasteiger partial charge in [0.2, 0.25) is 0 Å². The molecule has 0 amide bonds. The summed E-state index contributed by atoms with van der Waals surface area (Å²) < 4.78 is 5.65. The average Bonchev–Trinajstić information content (AvgIpc) is 2.72. The molecule has 2 rings (SSSR count). The lowest BCUT2D eigenvalue weighted by atomic mass is 10.2. The van der Waals surface area contributed by atoms with Gasteiger partial charge < -0.3 is 9.32 Å². The van der Waals surface area contributed by atoms with Crippen LogP contribution in [-0.4, -0.2) is 19.4 Å². The summed E-state index contributed by atoms with van der Waals surface area (Å²) in [6.07, 6.45) is 0.560. The Labute approximate surface area is 94.7 Å². The molecule has 3 nitrogen and oxygen atoms in total. The molecule has 1 aromatic carbocycles. The molecule has 2 aromatic rings. The lowest BCUT2D eigenvalue weighted by Crippen LogP contribution is -2.24. The Balaban J connectivity index is 2.23. The molecule has 0 saturated carbocycles. The first-order chi connectivity index (χ1) is 7.70. The van der Waals surface area contributed by atoms with Crippen LogP contribution in [0.5, 0.6) is 0 Å². The van der Waals surface area contributed by atoms with Gasteiger partial charge in [-0.15, -0.1) is 0 Å². The molecule has 0 radical (unpaired) electrons. The molecule has 0 atom stereocenters. The van der Waals surface area contributed by atoms with Crippen LogP contribution in [0.1, 0.15) is 13.3 Å². The SMILES string of the molecule is CCC(=O)CN(C)c1cc2ccccc2o1. The minimum Gasteiger partial charge on any atom is -0.441 e. The van der Waals surface area contributed by atoms with Crippen LogP contribution >= 0.6 is 0 Å². The predicted octanol–water partition coefficient (Wildman–Crippen LogP) is 2.85. The van der Waals surface area contributed by atoms with E-state index in [4.69, 9.17) is 4.42 Å². The minimum atomic E-state index is 0.211. The van der Waals surface area contributed by atoms with Crippen molar-refractivity contribution < 1.29 is 9.21 Å². The fourth-order valence-electron chi connectivity index (χ4n) is 1.61. The number of ketones is 1. The maximum absolute atomic E-state index is 11.3. The Morgan fingerprint density at radius 2 is 2.12 bits per heavy atom. The molecule has 0 unspecified atom stereocenters. The molecular formula is C13H15NO2. The van der Waals surface area contributed by atoms with Crippen molar-refractivity contribution in [1.29, 1.82) is 0 Å². The largest absolute Gasteiger partial charge is 0.441 e. The number of para-hydroxylation sites is 1. The van der Waals surface area contributed by atoms with E-state index >= 15 is 0 Å². The van der Waals surface area contributed by atoms with Crippen LogP contribution in [0, 0.1) is 0 Å². The van der Waals surface area contributed by atoms with Gasteiger partial charge in [0.25, 0.3) is 0 Å². The molecule has 1 aromatic heterocycles. The second-order valence-corrected chi connectivity index (χ2v) is 3.87. The van der Waals surface area contributed by atoms with Crippen molar-refractivity contribution in [3.63, 3.8) is 0 Å². The number of rotatable bonds is 4. The number of hydrogen-bond acceptors (Lipinski definition) is 3. The molecule has 0 spiro atoms. The highest BCUT2D eigenvalue weighted by atomic mass is 16.4. The van der Waals surface area contributed by atoms with Crippen molar-refractivity contribution in [2.24, 2.45) is 0 Å². The predicted molar refractivity (Wildman–Crippen MR) is 64.8 cm³/mol. The maximum Gasteiger partial charge on any atom is 0.196 e. The third-order valence-electron chi connectivity index (χ3n) is 2.60. The summed E-state index contributed by atoms with van der Waals surface area (Å²) in [6, 6.07) is 9.79. The Hall–Kier alpha value is -1.77. The lowest BCUT2D eigenvalue weighted by Gasteiger charge is -2.13. The normalized spacial score (nSPS) is 10.6. The highest BCUT2D eigenvalue weighted by Gasteiger charge is 2.10. The summed E-state index contributed by atoms with van der Waals surface area (Å²) in [5, 5.41) is 1.06. The van der Waals surface area contributed by atoms with E-state index in [1.807, 2.05) is 49.2 Å². The van der Waals surface area contributed by atoms with Crippen LogP contribution < -0.4 is 4.90 Å². The summed E-state index contributed by atoms with van der Waals surface area (Å²) in [4.78, 5) is 13.2. The standard InChI is InChI=1S/C13H15NO2/c1-3-11(15)9-14(2)13-8-10-6-4-5-7-12(10)16-13/h4-8H,3,9H2,1-2H3. The van der Waals surface area contributed by atoms with Gasteiger partial charge in [-0.25, -0.2) is 0 Å². The first kappa shape index (κ1) is 10.7. The zero-order valence-corrected chi connectivity index (χ0v) is 9.56. The number of likely N-dealkylation sites (N-methyl/N-ethyl adjacent to an activating group) is 1. The molecule has 0 saturated heterocycles. The van der Waals surface area contributed by atoms with Crippen LogP contribution in [0.4, 0.5) is 5.88 Å². The number of carbonyl (C=O) groups is 1.